The fourth-order valence-electron chi connectivity index (χ4n) is 1.90. The largest absolute Gasteiger partial charge is 0.481 e. The van der Waals surface area contributed by atoms with Crippen molar-refractivity contribution in [2.75, 3.05) is 13.2 Å². The molecule has 19 heavy (non-hydrogen) atoms. The summed E-state index contributed by atoms with van der Waals surface area (Å²) in [6.07, 6.45) is 1.65. The fourth-order valence-corrected chi connectivity index (χ4v) is 1.90. The molecule has 0 saturated heterocycles. The molecule has 0 bridgehead atoms. The SMILES string of the molecule is CCOCCCC(=O)NC(CC(=O)O)CC(C)(C)C. The van der Waals surface area contributed by atoms with E-state index in [0.717, 1.165) is 0 Å². The first-order valence-electron chi connectivity index (χ1n) is 6.83. The average Bonchev–Trinajstić information content (AvgIpc) is 2.20. The lowest BCUT2D eigenvalue weighted by atomic mass is 9.87. The number of carbonyl (C=O) groups is 2. The van der Waals surface area contributed by atoms with Crippen LogP contribution in [0.3, 0.4) is 0 Å². The van der Waals surface area contributed by atoms with Crippen molar-refractivity contribution in [3.63, 3.8) is 0 Å². The first-order chi connectivity index (χ1) is 8.74. The third-order valence-corrected chi connectivity index (χ3v) is 2.54. The number of hydrogen-bond donors (Lipinski definition) is 2. The van der Waals surface area contributed by atoms with Crippen LogP contribution in [0.2, 0.25) is 0 Å². The molecule has 0 aliphatic carbocycles. The summed E-state index contributed by atoms with van der Waals surface area (Å²) in [6, 6.07) is -0.308. The van der Waals surface area contributed by atoms with Gasteiger partial charge in [-0.15, -0.1) is 0 Å². The summed E-state index contributed by atoms with van der Waals surface area (Å²) in [5.74, 6) is -0.987. The maximum absolute atomic E-state index is 11.7. The van der Waals surface area contributed by atoms with Crippen molar-refractivity contribution >= 4 is 11.9 Å². The average molecular weight is 273 g/mol. The Balaban J connectivity index is 4.15. The molecule has 112 valence electrons. The Morgan fingerprint density at radius 2 is 1.95 bits per heavy atom. The summed E-state index contributed by atoms with van der Waals surface area (Å²) >= 11 is 0. The zero-order valence-electron chi connectivity index (χ0n) is 12.5. The molecule has 1 unspecified atom stereocenters. The maximum atomic E-state index is 11.7. The van der Waals surface area contributed by atoms with Crippen LogP contribution in [0.5, 0.6) is 0 Å². The van der Waals surface area contributed by atoms with Crippen LogP contribution in [-0.4, -0.2) is 36.2 Å². The molecule has 5 nitrogen and oxygen atoms in total. The number of hydrogen-bond acceptors (Lipinski definition) is 3. The Labute approximate surface area is 115 Å². The maximum Gasteiger partial charge on any atom is 0.305 e. The molecule has 5 heteroatoms. The molecule has 2 N–H and O–H groups in total. The number of rotatable bonds is 9. The van der Waals surface area contributed by atoms with Crippen LogP contribution >= 0.6 is 0 Å². The minimum absolute atomic E-state index is 0.0152. The van der Waals surface area contributed by atoms with Crippen LogP contribution in [0.1, 0.15) is 53.4 Å². The molecule has 0 aromatic heterocycles. The molecular weight excluding hydrogens is 246 g/mol. The monoisotopic (exact) mass is 273 g/mol. The predicted molar refractivity (Wildman–Crippen MR) is 74.0 cm³/mol. The second-order valence-corrected chi connectivity index (χ2v) is 5.93. The zero-order chi connectivity index (χ0) is 14.9. The van der Waals surface area contributed by atoms with E-state index in [4.69, 9.17) is 9.84 Å². The smallest absolute Gasteiger partial charge is 0.305 e. The van der Waals surface area contributed by atoms with Gasteiger partial charge in [0.25, 0.3) is 0 Å². The summed E-state index contributed by atoms with van der Waals surface area (Å²) in [7, 11) is 0. The van der Waals surface area contributed by atoms with Gasteiger partial charge in [-0.1, -0.05) is 20.8 Å². The molecule has 0 radical (unpaired) electrons. The number of carboxylic acids is 1. The first kappa shape index (κ1) is 17.9. The van der Waals surface area contributed by atoms with Crippen LogP contribution in [0, 0.1) is 5.41 Å². The van der Waals surface area contributed by atoms with Crippen LogP contribution in [0.15, 0.2) is 0 Å². The van der Waals surface area contributed by atoms with Crippen LogP contribution in [0.25, 0.3) is 0 Å². The molecule has 0 rings (SSSR count). The Morgan fingerprint density at radius 3 is 2.42 bits per heavy atom. The number of amides is 1. The van der Waals surface area contributed by atoms with E-state index in [2.05, 4.69) is 5.32 Å². The standard InChI is InChI=1S/C14H27NO4/c1-5-19-8-6-7-12(16)15-11(9-13(17)18)10-14(2,3)4/h11H,5-10H2,1-4H3,(H,15,16)(H,17,18). The van der Waals surface area contributed by atoms with Gasteiger partial charge >= 0.3 is 5.97 Å². The highest BCUT2D eigenvalue weighted by Crippen LogP contribution is 2.22. The molecule has 0 aromatic carbocycles. The van der Waals surface area contributed by atoms with E-state index in [9.17, 15) is 9.59 Å². The van der Waals surface area contributed by atoms with E-state index >= 15 is 0 Å². The molecule has 1 atom stereocenters. The van der Waals surface area contributed by atoms with Crippen LogP contribution < -0.4 is 5.32 Å². The fraction of sp³-hybridized carbons (Fsp3) is 0.857. The van der Waals surface area contributed by atoms with Crippen molar-refractivity contribution in [3.05, 3.63) is 0 Å². The highest BCUT2D eigenvalue weighted by Gasteiger charge is 2.22. The Bertz CT molecular complexity index is 284. The van der Waals surface area contributed by atoms with Crippen LogP contribution in [-0.2, 0) is 14.3 Å². The van der Waals surface area contributed by atoms with Gasteiger partial charge in [0.05, 0.1) is 6.42 Å². The second kappa shape index (κ2) is 8.91. The minimum atomic E-state index is -0.885. The summed E-state index contributed by atoms with van der Waals surface area (Å²) in [5, 5.41) is 11.7. The molecule has 0 aromatic rings. The molecule has 0 fully saturated rings. The van der Waals surface area contributed by atoms with Crippen molar-refractivity contribution in [3.8, 4) is 0 Å². The molecule has 1 amide bonds. The van der Waals surface area contributed by atoms with Crippen molar-refractivity contribution < 1.29 is 19.4 Å². The van der Waals surface area contributed by atoms with Gasteiger partial charge < -0.3 is 15.2 Å². The zero-order valence-corrected chi connectivity index (χ0v) is 12.5. The van der Waals surface area contributed by atoms with E-state index in [0.29, 0.717) is 32.5 Å². The summed E-state index contributed by atoms with van der Waals surface area (Å²) < 4.78 is 5.16. The highest BCUT2D eigenvalue weighted by atomic mass is 16.5. The third-order valence-electron chi connectivity index (χ3n) is 2.54. The van der Waals surface area contributed by atoms with Crippen molar-refractivity contribution in [1.82, 2.24) is 5.32 Å². The topological polar surface area (TPSA) is 75.6 Å². The quantitative estimate of drug-likeness (QED) is 0.631. The second-order valence-electron chi connectivity index (χ2n) is 5.93. The van der Waals surface area contributed by atoms with Gasteiger partial charge in [0.15, 0.2) is 0 Å². The number of carboxylic acid groups (broad SMARTS) is 1. The third kappa shape index (κ3) is 11.7. The molecule has 0 heterocycles. The lowest BCUT2D eigenvalue weighted by molar-refractivity contribution is -0.137. The normalized spacial score (nSPS) is 13.1. The van der Waals surface area contributed by atoms with Gasteiger partial charge in [0.1, 0.15) is 0 Å². The number of ether oxygens (including phenoxy) is 1. The van der Waals surface area contributed by atoms with Gasteiger partial charge in [-0.3, -0.25) is 9.59 Å². The van der Waals surface area contributed by atoms with Crippen molar-refractivity contribution in [2.45, 2.75) is 59.4 Å². The van der Waals surface area contributed by atoms with Gasteiger partial charge in [-0.2, -0.15) is 0 Å². The van der Waals surface area contributed by atoms with E-state index in [1.807, 2.05) is 27.7 Å². The highest BCUT2D eigenvalue weighted by molar-refractivity contribution is 5.77. The minimum Gasteiger partial charge on any atom is -0.481 e. The molecule has 0 aliphatic heterocycles. The van der Waals surface area contributed by atoms with Gasteiger partial charge in [0, 0.05) is 25.7 Å². The summed E-state index contributed by atoms with van der Waals surface area (Å²) in [4.78, 5) is 22.5. The van der Waals surface area contributed by atoms with Gasteiger partial charge in [-0.05, 0) is 25.2 Å². The summed E-state index contributed by atoms with van der Waals surface area (Å²) in [5.41, 5.74) is -0.0152. The Kier molecular flexibility index (Phi) is 8.39. The number of nitrogens with one attached hydrogen (secondary N) is 1. The van der Waals surface area contributed by atoms with E-state index in [1.165, 1.54) is 0 Å². The molecule has 0 spiro atoms. The van der Waals surface area contributed by atoms with Gasteiger partial charge in [-0.25, -0.2) is 0 Å². The first-order valence-corrected chi connectivity index (χ1v) is 6.83. The molecular formula is C14H27NO4. The van der Waals surface area contributed by atoms with Gasteiger partial charge in [0.2, 0.25) is 5.91 Å². The summed E-state index contributed by atoms with van der Waals surface area (Å²) in [6.45, 7) is 9.21. The van der Waals surface area contributed by atoms with Crippen molar-refractivity contribution in [1.29, 1.82) is 0 Å². The lowest BCUT2D eigenvalue weighted by Gasteiger charge is -2.25. The number of carbonyl (C=O) groups excluding carboxylic acids is 1. The number of aliphatic carboxylic acids is 1. The van der Waals surface area contributed by atoms with E-state index < -0.39 is 5.97 Å². The lowest BCUT2D eigenvalue weighted by Crippen LogP contribution is -2.39. The molecule has 0 aliphatic rings. The Hall–Kier alpha value is -1.10. The van der Waals surface area contributed by atoms with E-state index in [1.54, 1.807) is 0 Å². The Morgan fingerprint density at radius 1 is 1.32 bits per heavy atom. The van der Waals surface area contributed by atoms with Crippen LogP contribution in [0.4, 0.5) is 0 Å². The van der Waals surface area contributed by atoms with Crippen molar-refractivity contribution in [2.24, 2.45) is 5.41 Å². The predicted octanol–water partition coefficient (Wildman–Crippen LogP) is 2.20. The molecule has 0 saturated carbocycles. The van der Waals surface area contributed by atoms with E-state index in [-0.39, 0.29) is 23.8 Å².